The lowest BCUT2D eigenvalue weighted by atomic mass is 10.1. The van der Waals surface area contributed by atoms with Crippen LogP contribution in [0.4, 0.5) is 13.2 Å². The minimum atomic E-state index is -4.35. The van der Waals surface area contributed by atoms with Gasteiger partial charge in [0.15, 0.2) is 0 Å². The monoisotopic (exact) mass is 338 g/mol. The Bertz CT molecular complexity index is 1020. The zero-order chi connectivity index (χ0) is 17.4. The predicted molar refractivity (Wildman–Crippen MR) is 91.5 cm³/mol. The molecule has 0 atom stereocenters. The summed E-state index contributed by atoms with van der Waals surface area (Å²) in [6.07, 6.45) is -4.35. The van der Waals surface area contributed by atoms with Crippen molar-refractivity contribution in [2.75, 3.05) is 0 Å². The first-order valence-corrected chi connectivity index (χ1v) is 7.75. The molecular formula is C20H13F3N2. The lowest BCUT2D eigenvalue weighted by Crippen LogP contribution is -2.05. The molecule has 0 N–H and O–H groups in total. The van der Waals surface area contributed by atoms with Crippen molar-refractivity contribution in [1.29, 1.82) is 0 Å². The minimum Gasteiger partial charge on any atom is -0.232 e. The third-order valence-corrected chi connectivity index (χ3v) is 4.07. The van der Waals surface area contributed by atoms with E-state index in [1.54, 1.807) is 4.68 Å². The van der Waals surface area contributed by atoms with Gasteiger partial charge >= 0.3 is 6.18 Å². The smallest absolute Gasteiger partial charge is 0.232 e. The van der Waals surface area contributed by atoms with Crippen LogP contribution in [0.3, 0.4) is 0 Å². The van der Waals surface area contributed by atoms with Gasteiger partial charge in [-0.2, -0.15) is 18.3 Å². The molecule has 0 aliphatic rings. The molecule has 0 spiro atoms. The van der Waals surface area contributed by atoms with Gasteiger partial charge in [-0.1, -0.05) is 48.5 Å². The lowest BCUT2D eigenvalue weighted by Gasteiger charge is -2.08. The van der Waals surface area contributed by atoms with Gasteiger partial charge in [-0.15, -0.1) is 0 Å². The number of fused-ring (bicyclic) bond motifs is 1. The summed E-state index contributed by atoms with van der Waals surface area (Å²) in [7, 11) is 0. The fourth-order valence-corrected chi connectivity index (χ4v) is 2.86. The maximum Gasteiger partial charge on any atom is 0.416 e. The molecule has 0 bridgehead atoms. The Morgan fingerprint density at radius 3 is 2.04 bits per heavy atom. The van der Waals surface area contributed by atoms with E-state index in [0.717, 1.165) is 34.3 Å². The normalized spacial score (nSPS) is 11.8. The first kappa shape index (κ1) is 15.4. The van der Waals surface area contributed by atoms with E-state index in [9.17, 15) is 13.2 Å². The topological polar surface area (TPSA) is 17.8 Å². The maximum atomic E-state index is 12.8. The van der Waals surface area contributed by atoms with E-state index in [1.165, 1.54) is 12.1 Å². The van der Waals surface area contributed by atoms with E-state index in [1.807, 2.05) is 54.6 Å². The molecule has 0 aliphatic heterocycles. The number of hydrogen-bond acceptors (Lipinski definition) is 1. The molecule has 25 heavy (non-hydrogen) atoms. The third-order valence-electron chi connectivity index (χ3n) is 4.07. The number of benzene rings is 3. The second-order valence-electron chi connectivity index (χ2n) is 5.69. The molecule has 0 aliphatic carbocycles. The van der Waals surface area contributed by atoms with Crippen molar-refractivity contribution in [2.45, 2.75) is 6.18 Å². The zero-order valence-electron chi connectivity index (χ0n) is 13.0. The molecular weight excluding hydrogens is 325 g/mol. The van der Waals surface area contributed by atoms with E-state index in [4.69, 9.17) is 0 Å². The summed E-state index contributed by atoms with van der Waals surface area (Å²) < 4.78 is 40.0. The number of para-hydroxylation sites is 1. The molecule has 2 nitrogen and oxygen atoms in total. The average molecular weight is 338 g/mol. The van der Waals surface area contributed by atoms with Crippen molar-refractivity contribution >= 4 is 10.9 Å². The highest BCUT2D eigenvalue weighted by Crippen LogP contribution is 2.32. The molecule has 1 aromatic heterocycles. The summed E-state index contributed by atoms with van der Waals surface area (Å²) in [5.74, 6) is 0. The summed E-state index contributed by atoms with van der Waals surface area (Å²) in [4.78, 5) is 0. The molecule has 0 saturated carbocycles. The first-order valence-electron chi connectivity index (χ1n) is 7.75. The first-order chi connectivity index (χ1) is 12.0. The predicted octanol–water partition coefficient (Wildman–Crippen LogP) is 5.71. The van der Waals surface area contributed by atoms with Crippen molar-refractivity contribution in [1.82, 2.24) is 9.78 Å². The zero-order valence-corrected chi connectivity index (χ0v) is 13.0. The molecule has 3 aromatic carbocycles. The molecule has 1 heterocycles. The van der Waals surface area contributed by atoms with E-state index in [2.05, 4.69) is 5.10 Å². The lowest BCUT2D eigenvalue weighted by molar-refractivity contribution is -0.137. The molecule has 0 unspecified atom stereocenters. The van der Waals surface area contributed by atoms with Crippen LogP contribution in [0.2, 0.25) is 0 Å². The number of halogens is 3. The van der Waals surface area contributed by atoms with Gasteiger partial charge in [-0.3, -0.25) is 0 Å². The summed E-state index contributed by atoms with van der Waals surface area (Å²) >= 11 is 0. The maximum absolute atomic E-state index is 12.8. The molecule has 124 valence electrons. The largest absolute Gasteiger partial charge is 0.416 e. The van der Waals surface area contributed by atoms with Crippen LogP contribution in [0.1, 0.15) is 5.56 Å². The number of rotatable bonds is 2. The van der Waals surface area contributed by atoms with Crippen molar-refractivity contribution in [3.05, 3.63) is 84.4 Å². The minimum absolute atomic E-state index is 0.589. The van der Waals surface area contributed by atoms with Gasteiger partial charge in [0.25, 0.3) is 0 Å². The average Bonchev–Trinajstić information content (AvgIpc) is 3.02. The van der Waals surface area contributed by atoms with Gasteiger partial charge in [0.2, 0.25) is 0 Å². The van der Waals surface area contributed by atoms with Crippen LogP contribution in [0, 0.1) is 0 Å². The third kappa shape index (κ3) is 2.78. The van der Waals surface area contributed by atoms with Crippen LogP contribution in [0.15, 0.2) is 78.9 Å². The number of hydrogen-bond donors (Lipinski definition) is 0. The Labute approximate surface area is 142 Å². The second-order valence-corrected chi connectivity index (χ2v) is 5.69. The van der Waals surface area contributed by atoms with Gasteiger partial charge in [-0.05, 0) is 30.3 Å². The Kier molecular flexibility index (Phi) is 3.57. The van der Waals surface area contributed by atoms with Gasteiger partial charge in [0.05, 0.1) is 16.8 Å². The van der Waals surface area contributed by atoms with Crippen molar-refractivity contribution in [3.8, 4) is 16.9 Å². The standard InChI is InChI=1S/C20H13F3N2/c21-20(22,23)15-10-12-16(13-11-15)25-18-9-5-4-8-17(18)19(24-25)14-6-2-1-3-7-14/h1-13H. The van der Waals surface area contributed by atoms with Gasteiger partial charge in [0, 0.05) is 10.9 Å². The fraction of sp³-hybridized carbons (Fsp3) is 0.0500. The summed E-state index contributed by atoms with van der Waals surface area (Å²) in [5, 5.41) is 5.61. The fourth-order valence-electron chi connectivity index (χ4n) is 2.86. The summed E-state index contributed by atoms with van der Waals surface area (Å²) in [5.41, 5.74) is 2.53. The van der Waals surface area contributed by atoms with E-state index in [-0.39, 0.29) is 0 Å². The van der Waals surface area contributed by atoms with Crippen molar-refractivity contribution in [2.24, 2.45) is 0 Å². The Morgan fingerprint density at radius 2 is 1.36 bits per heavy atom. The van der Waals surface area contributed by atoms with E-state index >= 15 is 0 Å². The quantitative estimate of drug-likeness (QED) is 0.458. The Balaban J connectivity index is 1.88. The molecule has 5 heteroatoms. The molecule has 0 fully saturated rings. The molecule has 0 saturated heterocycles. The van der Waals surface area contributed by atoms with Gasteiger partial charge in [-0.25, -0.2) is 4.68 Å². The van der Waals surface area contributed by atoms with Crippen LogP contribution in [0.5, 0.6) is 0 Å². The Morgan fingerprint density at radius 1 is 0.720 bits per heavy atom. The van der Waals surface area contributed by atoms with Gasteiger partial charge < -0.3 is 0 Å². The van der Waals surface area contributed by atoms with Crippen LogP contribution >= 0.6 is 0 Å². The second kappa shape index (κ2) is 5.77. The van der Waals surface area contributed by atoms with Crippen LogP contribution < -0.4 is 0 Å². The van der Waals surface area contributed by atoms with Crippen molar-refractivity contribution < 1.29 is 13.2 Å². The Hall–Kier alpha value is -3.08. The van der Waals surface area contributed by atoms with Crippen LogP contribution in [0.25, 0.3) is 27.8 Å². The highest BCUT2D eigenvalue weighted by Gasteiger charge is 2.30. The van der Waals surface area contributed by atoms with E-state index < -0.39 is 11.7 Å². The number of alkyl halides is 3. The highest BCUT2D eigenvalue weighted by molar-refractivity contribution is 5.94. The summed E-state index contributed by atoms with van der Waals surface area (Å²) in [6.45, 7) is 0. The van der Waals surface area contributed by atoms with Crippen molar-refractivity contribution in [3.63, 3.8) is 0 Å². The highest BCUT2D eigenvalue weighted by atomic mass is 19.4. The molecule has 4 aromatic rings. The number of aromatic nitrogens is 2. The van der Waals surface area contributed by atoms with Crippen LogP contribution in [-0.2, 0) is 6.18 Å². The number of nitrogens with zero attached hydrogens (tertiary/aromatic N) is 2. The SMILES string of the molecule is FC(F)(F)c1ccc(-n2nc(-c3ccccc3)c3ccccc32)cc1. The van der Waals surface area contributed by atoms with Gasteiger partial charge in [0.1, 0.15) is 5.69 Å². The molecule has 0 amide bonds. The molecule has 0 radical (unpaired) electrons. The van der Waals surface area contributed by atoms with E-state index in [0.29, 0.717) is 5.69 Å². The summed E-state index contributed by atoms with van der Waals surface area (Å²) in [6, 6.07) is 22.4. The van der Waals surface area contributed by atoms with Crippen LogP contribution in [-0.4, -0.2) is 9.78 Å². The molecule has 4 rings (SSSR count).